The lowest BCUT2D eigenvalue weighted by molar-refractivity contribution is 0.326. The quantitative estimate of drug-likeness (QED) is 0.879. The van der Waals surface area contributed by atoms with Gasteiger partial charge in [0.15, 0.2) is 11.5 Å². The third kappa shape index (κ3) is 1.86. The maximum Gasteiger partial charge on any atom is 0.204 e. The molecule has 98 valence electrons. The van der Waals surface area contributed by atoms with Gasteiger partial charge in [-0.3, -0.25) is 0 Å². The highest BCUT2D eigenvalue weighted by Crippen LogP contribution is 2.45. The SMILES string of the molecule is COc1cc2occ(CCN)c2c(OC)c1OC. The molecule has 18 heavy (non-hydrogen) atoms. The minimum Gasteiger partial charge on any atom is -0.493 e. The van der Waals surface area contributed by atoms with Crippen molar-refractivity contribution >= 4 is 11.0 Å². The van der Waals surface area contributed by atoms with Gasteiger partial charge in [-0.1, -0.05) is 0 Å². The molecule has 2 aromatic rings. The maximum absolute atomic E-state index is 5.59. The summed E-state index contributed by atoms with van der Waals surface area (Å²) in [4.78, 5) is 0. The highest BCUT2D eigenvalue weighted by Gasteiger charge is 2.20. The van der Waals surface area contributed by atoms with E-state index in [-0.39, 0.29) is 0 Å². The number of hydrogen-bond donors (Lipinski definition) is 1. The maximum atomic E-state index is 5.59. The lowest BCUT2D eigenvalue weighted by Crippen LogP contribution is -2.02. The first-order valence-electron chi connectivity index (χ1n) is 5.65. The van der Waals surface area contributed by atoms with Gasteiger partial charge in [0.25, 0.3) is 0 Å². The van der Waals surface area contributed by atoms with Crippen LogP contribution in [0.3, 0.4) is 0 Å². The molecule has 5 heteroatoms. The molecule has 0 aliphatic heterocycles. The minimum atomic E-state index is 0.548. The van der Waals surface area contributed by atoms with Gasteiger partial charge in [-0.15, -0.1) is 0 Å². The molecule has 5 nitrogen and oxygen atoms in total. The van der Waals surface area contributed by atoms with Gasteiger partial charge in [0, 0.05) is 11.6 Å². The summed E-state index contributed by atoms with van der Waals surface area (Å²) in [7, 11) is 4.75. The Bertz CT molecular complexity index is 547. The first-order valence-corrected chi connectivity index (χ1v) is 5.65. The molecule has 0 fully saturated rings. The van der Waals surface area contributed by atoms with Gasteiger partial charge >= 0.3 is 0 Å². The van der Waals surface area contributed by atoms with Crippen molar-refractivity contribution in [1.29, 1.82) is 0 Å². The normalized spacial score (nSPS) is 10.7. The van der Waals surface area contributed by atoms with E-state index in [2.05, 4.69) is 0 Å². The van der Waals surface area contributed by atoms with E-state index in [1.807, 2.05) is 0 Å². The number of methoxy groups -OCH3 is 3. The van der Waals surface area contributed by atoms with Gasteiger partial charge in [-0.05, 0) is 13.0 Å². The van der Waals surface area contributed by atoms with Crippen LogP contribution in [0.25, 0.3) is 11.0 Å². The zero-order valence-corrected chi connectivity index (χ0v) is 10.8. The third-order valence-electron chi connectivity index (χ3n) is 2.86. The van der Waals surface area contributed by atoms with Crippen LogP contribution in [0, 0.1) is 0 Å². The number of rotatable bonds is 5. The molecule has 0 spiro atoms. The number of benzene rings is 1. The molecule has 2 N–H and O–H groups in total. The van der Waals surface area contributed by atoms with Crippen LogP contribution >= 0.6 is 0 Å². The fourth-order valence-electron chi connectivity index (χ4n) is 2.06. The Labute approximate surface area is 105 Å². The zero-order valence-electron chi connectivity index (χ0n) is 10.8. The second-order valence-corrected chi connectivity index (χ2v) is 3.82. The Morgan fingerprint density at radius 2 is 1.83 bits per heavy atom. The van der Waals surface area contributed by atoms with Crippen molar-refractivity contribution in [3.63, 3.8) is 0 Å². The van der Waals surface area contributed by atoms with E-state index in [0.29, 0.717) is 29.4 Å². The minimum absolute atomic E-state index is 0.548. The molecule has 0 radical (unpaired) electrons. The Balaban J connectivity index is 2.74. The Morgan fingerprint density at radius 1 is 1.11 bits per heavy atom. The monoisotopic (exact) mass is 251 g/mol. The standard InChI is InChI=1S/C13H17NO4/c1-15-10-6-9-11(8(4-5-14)7-18-9)13(17-3)12(10)16-2/h6-7H,4-5,14H2,1-3H3. The molecule has 0 bridgehead atoms. The van der Waals surface area contributed by atoms with Crippen LogP contribution in [0.4, 0.5) is 0 Å². The van der Waals surface area contributed by atoms with E-state index in [1.165, 1.54) is 0 Å². The molecule has 0 unspecified atom stereocenters. The number of furan rings is 1. The van der Waals surface area contributed by atoms with Crippen molar-refractivity contribution in [3.05, 3.63) is 17.9 Å². The van der Waals surface area contributed by atoms with Crippen LogP contribution in [-0.2, 0) is 6.42 Å². The summed E-state index contributed by atoms with van der Waals surface area (Å²) in [5.74, 6) is 1.76. The van der Waals surface area contributed by atoms with E-state index in [9.17, 15) is 0 Å². The fourth-order valence-corrected chi connectivity index (χ4v) is 2.06. The Morgan fingerprint density at radius 3 is 2.39 bits per heavy atom. The summed E-state index contributed by atoms with van der Waals surface area (Å²) < 4.78 is 21.6. The van der Waals surface area contributed by atoms with Gasteiger partial charge in [0.05, 0.1) is 33.0 Å². The average molecular weight is 251 g/mol. The molecule has 0 aliphatic rings. The highest BCUT2D eigenvalue weighted by atomic mass is 16.5. The van der Waals surface area contributed by atoms with E-state index < -0.39 is 0 Å². The van der Waals surface area contributed by atoms with Gasteiger partial charge < -0.3 is 24.4 Å². The topological polar surface area (TPSA) is 66.9 Å². The number of ether oxygens (including phenoxy) is 3. The summed E-state index contributed by atoms with van der Waals surface area (Å²) in [6.45, 7) is 0.548. The summed E-state index contributed by atoms with van der Waals surface area (Å²) in [5.41, 5.74) is 7.30. The van der Waals surface area contributed by atoms with E-state index >= 15 is 0 Å². The summed E-state index contributed by atoms with van der Waals surface area (Å²) in [6, 6.07) is 1.79. The Hall–Kier alpha value is -1.88. The summed E-state index contributed by atoms with van der Waals surface area (Å²) in [5, 5.41) is 0.889. The first kappa shape index (κ1) is 12.6. The van der Waals surface area contributed by atoms with Crippen LogP contribution in [-0.4, -0.2) is 27.9 Å². The molecular formula is C13H17NO4. The van der Waals surface area contributed by atoms with Crippen LogP contribution < -0.4 is 19.9 Å². The van der Waals surface area contributed by atoms with Crippen LogP contribution in [0.1, 0.15) is 5.56 Å². The molecular weight excluding hydrogens is 234 g/mol. The third-order valence-corrected chi connectivity index (χ3v) is 2.86. The first-order chi connectivity index (χ1) is 8.76. The average Bonchev–Trinajstić information content (AvgIpc) is 2.79. The molecule has 1 aromatic heterocycles. The largest absolute Gasteiger partial charge is 0.493 e. The number of nitrogens with two attached hydrogens (primary N) is 1. The zero-order chi connectivity index (χ0) is 13.1. The number of hydrogen-bond acceptors (Lipinski definition) is 5. The smallest absolute Gasteiger partial charge is 0.204 e. The van der Waals surface area contributed by atoms with Crippen LogP contribution in [0.5, 0.6) is 17.2 Å². The van der Waals surface area contributed by atoms with Gasteiger partial charge in [-0.25, -0.2) is 0 Å². The lowest BCUT2D eigenvalue weighted by Gasteiger charge is -2.13. The summed E-state index contributed by atoms with van der Waals surface area (Å²) >= 11 is 0. The summed E-state index contributed by atoms with van der Waals surface area (Å²) in [6.07, 6.45) is 2.41. The molecule has 2 rings (SSSR count). The fraction of sp³-hybridized carbons (Fsp3) is 0.385. The number of fused-ring (bicyclic) bond motifs is 1. The van der Waals surface area contributed by atoms with Crippen molar-refractivity contribution in [3.8, 4) is 17.2 Å². The Kier molecular flexibility index (Phi) is 3.62. The highest BCUT2D eigenvalue weighted by molar-refractivity contribution is 5.92. The van der Waals surface area contributed by atoms with Crippen molar-refractivity contribution in [1.82, 2.24) is 0 Å². The molecule has 0 aliphatic carbocycles. The lowest BCUT2D eigenvalue weighted by atomic mass is 10.1. The molecule has 0 atom stereocenters. The van der Waals surface area contributed by atoms with Crippen LogP contribution in [0.2, 0.25) is 0 Å². The van der Waals surface area contributed by atoms with E-state index in [0.717, 1.165) is 17.4 Å². The van der Waals surface area contributed by atoms with E-state index in [4.69, 9.17) is 24.4 Å². The van der Waals surface area contributed by atoms with Crippen LogP contribution in [0.15, 0.2) is 16.7 Å². The molecule has 0 saturated carbocycles. The molecule has 0 saturated heterocycles. The second-order valence-electron chi connectivity index (χ2n) is 3.82. The van der Waals surface area contributed by atoms with Gasteiger partial charge in [0.1, 0.15) is 5.58 Å². The van der Waals surface area contributed by atoms with Gasteiger partial charge in [0.2, 0.25) is 5.75 Å². The predicted octanol–water partition coefficient (Wildman–Crippen LogP) is 1.96. The van der Waals surface area contributed by atoms with Gasteiger partial charge in [-0.2, -0.15) is 0 Å². The van der Waals surface area contributed by atoms with Crippen molar-refractivity contribution in [2.24, 2.45) is 5.73 Å². The van der Waals surface area contributed by atoms with Crippen molar-refractivity contribution in [2.75, 3.05) is 27.9 Å². The molecule has 1 heterocycles. The molecule has 0 amide bonds. The molecule has 1 aromatic carbocycles. The second kappa shape index (κ2) is 5.18. The van der Waals surface area contributed by atoms with Crippen molar-refractivity contribution in [2.45, 2.75) is 6.42 Å². The van der Waals surface area contributed by atoms with Crippen molar-refractivity contribution < 1.29 is 18.6 Å². The van der Waals surface area contributed by atoms with E-state index in [1.54, 1.807) is 33.7 Å². The predicted molar refractivity (Wildman–Crippen MR) is 68.6 cm³/mol.